The zero-order valence-corrected chi connectivity index (χ0v) is 30.6. The van der Waals surface area contributed by atoms with Crippen molar-refractivity contribution in [3.63, 3.8) is 0 Å². The molecule has 2 aromatic carbocycles. The second-order valence-corrected chi connectivity index (χ2v) is 14.2. The van der Waals surface area contributed by atoms with Crippen LogP contribution in [0.25, 0.3) is 61.0 Å². The van der Waals surface area contributed by atoms with Crippen LogP contribution >= 0.6 is 0 Å². The summed E-state index contributed by atoms with van der Waals surface area (Å²) in [5.74, 6) is 3.86. The summed E-state index contributed by atoms with van der Waals surface area (Å²) in [5.41, 5.74) is 11.1. The molecular weight excluding hydrogens is 683 g/mol. The first-order chi connectivity index (χ1) is 27.1. The highest BCUT2D eigenvalue weighted by Crippen LogP contribution is 2.34. The molecule has 0 aliphatic heterocycles. The molecule has 0 amide bonds. The zero-order chi connectivity index (χ0) is 36.9. The van der Waals surface area contributed by atoms with Gasteiger partial charge in [-0.25, -0.2) is 29.9 Å². The van der Waals surface area contributed by atoms with Gasteiger partial charge in [-0.2, -0.15) is 0 Å². The Hall–Kier alpha value is -6.75. The number of aromatic nitrogens is 11. The normalized spacial score (nSPS) is 14.1. The van der Waals surface area contributed by atoms with Gasteiger partial charge in [-0.1, -0.05) is 37.3 Å². The Balaban J connectivity index is 1.01. The maximum atomic E-state index is 5.37. The average molecular weight is 720 g/mol. The van der Waals surface area contributed by atoms with Crippen LogP contribution in [0, 0.1) is 0 Å². The molecule has 0 saturated carbocycles. The third kappa shape index (κ3) is 5.97. The van der Waals surface area contributed by atoms with Crippen LogP contribution < -0.4 is 0 Å². The van der Waals surface area contributed by atoms with Gasteiger partial charge in [0.2, 0.25) is 0 Å². The van der Waals surface area contributed by atoms with E-state index in [0.29, 0.717) is 38.1 Å². The van der Waals surface area contributed by atoms with Crippen LogP contribution in [-0.4, -0.2) is 54.0 Å². The Morgan fingerprint density at radius 3 is 2.40 bits per heavy atom. The van der Waals surface area contributed by atoms with Crippen molar-refractivity contribution in [2.24, 2.45) is 7.05 Å². The summed E-state index contributed by atoms with van der Waals surface area (Å²) in [5, 5.41) is 2.01. The van der Waals surface area contributed by atoms with Crippen LogP contribution in [0.3, 0.4) is 0 Å². The minimum absolute atomic E-state index is 0.343. The van der Waals surface area contributed by atoms with E-state index in [1.54, 1.807) is 24.8 Å². The molecular formula is C44H37N11. The van der Waals surface area contributed by atoms with Gasteiger partial charge in [0, 0.05) is 79.8 Å². The molecule has 10 rings (SSSR count). The van der Waals surface area contributed by atoms with Crippen LogP contribution in [0.5, 0.6) is 0 Å². The van der Waals surface area contributed by atoms with Gasteiger partial charge in [0.15, 0.2) is 0 Å². The molecule has 0 radical (unpaired) electrons. The van der Waals surface area contributed by atoms with E-state index in [0.717, 1.165) is 90.2 Å². The lowest BCUT2D eigenvalue weighted by molar-refractivity contribution is 0.716. The number of hydrogen-bond acceptors (Lipinski definition) is 9. The monoisotopic (exact) mass is 719 g/mol. The van der Waals surface area contributed by atoms with Gasteiger partial charge < -0.3 is 9.13 Å². The molecule has 11 heteroatoms. The first kappa shape index (κ1) is 32.9. The van der Waals surface area contributed by atoms with Crippen LogP contribution in [0.1, 0.15) is 59.3 Å². The summed E-state index contributed by atoms with van der Waals surface area (Å²) < 4.78 is 4.52. The molecule has 1 aliphatic carbocycles. The van der Waals surface area contributed by atoms with E-state index in [1.807, 2.05) is 30.6 Å². The fraction of sp³-hybridized carbons (Fsp3) is 0.205. The maximum Gasteiger partial charge on any atom is 0.129 e. The van der Waals surface area contributed by atoms with E-state index < -0.39 is 0 Å². The van der Waals surface area contributed by atoms with Gasteiger partial charge in [0.25, 0.3) is 0 Å². The third-order valence-electron chi connectivity index (χ3n) is 10.8. The number of pyridine rings is 3. The van der Waals surface area contributed by atoms with Gasteiger partial charge in [-0.05, 0) is 60.0 Å². The minimum atomic E-state index is 0.343. The number of aryl methyl sites for hydroxylation is 5. The van der Waals surface area contributed by atoms with E-state index in [4.69, 9.17) is 24.9 Å². The molecule has 0 N–H and O–H groups in total. The fourth-order valence-electron chi connectivity index (χ4n) is 7.90. The number of benzene rings is 2. The second-order valence-electron chi connectivity index (χ2n) is 14.2. The highest BCUT2D eigenvalue weighted by atomic mass is 15.1. The van der Waals surface area contributed by atoms with Crippen molar-refractivity contribution in [1.82, 2.24) is 54.0 Å². The van der Waals surface area contributed by atoms with Gasteiger partial charge in [0.1, 0.15) is 28.8 Å². The molecule has 9 aromatic rings. The van der Waals surface area contributed by atoms with Crippen LogP contribution in [0.2, 0.25) is 0 Å². The third-order valence-corrected chi connectivity index (χ3v) is 10.8. The van der Waals surface area contributed by atoms with Gasteiger partial charge in [-0.15, -0.1) is 0 Å². The van der Waals surface area contributed by atoms with Crippen molar-refractivity contribution < 1.29 is 0 Å². The van der Waals surface area contributed by atoms with E-state index in [1.165, 1.54) is 11.1 Å². The number of fused-ring (bicyclic) bond motifs is 8. The molecule has 55 heavy (non-hydrogen) atoms. The number of allylic oxidation sites excluding steroid dienone is 3. The quantitative estimate of drug-likeness (QED) is 0.147. The molecule has 0 spiro atoms. The number of nitrogens with zero attached hydrogens (tertiary/aromatic N) is 11. The highest BCUT2D eigenvalue weighted by molar-refractivity contribution is 6.03. The van der Waals surface area contributed by atoms with Gasteiger partial charge in [0.05, 0.1) is 57.6 Å². The molecule has 0 bridgehead atoms. The number of hydrogen-bond donors (Lipinski definition) is 0. The van der Waals surface area contributed by atoms with Crippen molar-refractivity contribution >= 4 is 61.0 Å². The zero-order valence-electron chi connectivity index (χ0n) is 30.6. The minimum Gasteiger partial charge on any atom is -0.331 e. The maximum absolute atomic E-state index is 5.37. The largest absolute Gasteiger partial charge is 0.331 e. The average Bonchev–Trinajstić information content (AvgIpc) is 3.65. The Kier molecular flexibility index (Phi) is 8.12. The molecule has 0 fully saturated rings. The summed E-state index contributed by atoms with van der Waals surface area (Å²) in [4.78, 5) is 42.9. The molecule has 0 saturated heterocycles. The molecule has 1 aliphatic rings. The molecule has 1 atom stereocenters. The van der Waals surface area contributed by atoms with Crippen LogP contribution in [0.15, 0.2) is 104 Å². The SMILES string of the molecule is CCC1C=CC=Cc2c1ccc1c2nc(CCc2ncc3ccncc3n2)n1Cc1cnc2ccc3c(nc(CCc4ncc5ncccc5n4)n3C)c2c1. The summed E-state index contributed by atoms with van der Waals surface area (Å²) in [6.45, 7) is 2.85. The Morgan fingerprint density at radius 1 is 0.655 bits per heavy atom. The van der Waals surface area contributed by atoms with Crippen molar-refractivity contribution in [1.29, 1.82) is 0 Å². The molecule has 11 nitrogen and oxygen atoms in total. The van der Waals surface area contributed by atoms with Crippen LogP contribution in [0.4, 0.5) is 0 Å². The first-order valence-electron chi connectivity index (χ1n) is 18.8. The second kappa shape index (κ2) is 13.6. The Morgan fingerprint density at radius 2 is 1.49 bits per heavy atom. The van der Waals surface area contributed by atoms with E-state index in [2.05, 4.69) is 97.7 Å². The molecule has 7 heterocycles. The standard InChI is InChI=1S/C44H37N11/c1-3-28-7-4-5-8-31-30(28)10-12-38-43(31)53-42(17-15-39-48-23-29-18-20-45-24-35(29)51-39)55(38)26-27-21-32-33(47-22-27)11-13-37-44(32)52-41(54(37)2)16-14-40-49-25-36-34(50-40)9-6-19-46-36/h4-13,18-25,28H,3,14-17,26H2,1-2H3. The van der Waals surface area contributed by atoms with E-state index >= 15 is 0 Å². The summed E-state index contributed by atoms with van der Waals surface area (Å²) in [6, 6.07) is 16.8. The molecule has 268 valence electrons. The summed E-state index contributed by atoms with van der Waals surface area (Å²) in [7, 11) is 2.08. The topological polar surface area (TPSA) is 126 Å². The lowest BCUT2D eigenvalue weighted by atomic mass is 9.92. The van der Waals surface area contributed by atoms with Crippen molar-refractivity contribution in [3.05, 3.63) is 144 Å². The fourth-order valence-corrected chi connectivity index (χ4v) is 7.90. The lowest BCUT2D eigenvalue weighted by Gasteiger charge is -2.14. The number of rotatable bonds is 9. The van der Waals surface area contributed by atoms with Gasteiger partial charge >= 0.3 is 0 Å². The summed E-state index contributed by atoms with van der Waals surface area (Å²) >= 11 is 0. The van der Waals surface area contributed by atoms with Crippen LogP contribution in [-0.2, 0) is 39.3 Å². The lowest BCUT2D eigenvalue weighted by Crippen LogP contribution is -2.08. The number of imidazole rings is 2. The predicted octanol–water partition coefficient (Wildman–Crippen LogP) is 7.84. The Bertz CT molecular complexity index is 2990. The van der Waals surface area contributed by atoms with Crippen molar-refractivity contribution in [3.8, 4) is 0 Å². The smallest absolute Gasteiger partial charge is 0.129 e. The van der Waals surface area contributed by atoms with Crippen molar-refractivity contribution in [2.75, 3.05) is 0 Å². The highest BCUT2D eigenvalue weighted by Gasteiger charge is 2.21. The first-order valence-corrected chi connectivity index (χ1v) is 18.8. The molecule has 1 unspecified atom stereocenters. The van der Waals surface area contributed by atoms with E-state index in [-0.39, 0.29) is 0 Å². The summed E-state index contributed by atoms with van der Waals surface area (Å²) in [6.07, 6.45) is 23.5. The predicted molar refractivity (Wildman–Crippen MR) is 216 cm³/mol. The van der Waals surface area contributed by atoms with Crippen molar-refractivity contribution in [2.45, 2.75) is 51.5 Å². The van der Waals surface area contributed by atoms with E-state index in [9.17, 15) is 0 Å². The Labute approximate surface area is 316 Å². The van der Waals surface area contributed by atoms with Gasteiger partial charge in [-0.3, -0.25) is 15.0 Å². The molecule has 7 aromatic heterocycles.